The van der Waals surface area contributed by atoms with E-state index in [9.17, 15) is 14.0 Å². The molecule has 0 fully saturated rings. The largest absolute Gasteiger partial charge is 0.481 e. The third kappa shape index (κ3) is 5.59. The van der Waals surface area contributed by atoms with Gasteiger partial charge in [0.15, 0.2) is 6.10 Å². The Balaban J connectivity index is 1.66. The molecule has 4 rings (SSSR count). The fourth-order valence-corrected chi connectivity index (χ4v) is 4.55. The van der Waals surface area contributed by atoms with Crippen molar-refractivity contribution in [3.8, 4) is 5.75 Å². The number of hydrogen-bond donors (Lipinski definition) is 1. The smallest absolute Gasteiger partial charge is 0.265 e. The number of amides is 2. The summed E-state index contributed by atoms with van der Waals surface area (Å²) >= 11 is 0. The second kappa shape index (κ2) is 10.5. The first-order chi connectivity index (χ1) is 17.2. The molecule has 0 saturated carbocycles. The number of carbonyl (C=O) groups excluding carboxylic acids is 2. The van der Waals surface area contributed by atoms with Crippen LogP contribution in [-0.4, -0.2) is 29.4 Å². The van der Waals surface area contributed by atoms with Crippen LogP contribution >= 0.6 is 0 Å². The number of carbonyl (C=O) groups is 2. The molecule has 188 valence electrons. The Bertz CT molecular complexity index is 1220. The van der Waals surface area contributed by atoms with Crippen LogP contribution in [0.15, 0.2) is 72.8 Å². The van der Waals surface area contributed by atoms with E-state index < -0.39 is 11.5 Å². The zero-order valence-electron chi connectivity index (χ0n) is 21.3. The first kappa shape index (κ1) is 25.4. The SMILES string of the molecule is CC[C@H](Oc1ccc2c(c1)[C@@H](c1ccc(F)cc1)N(C(=O)C(C)(C)C)CC2)C(=O)Nc1ccccc1. The van der Waals surface area contributed by atoms with Crippen LogP contribution in [0.1, 0.15) is 56.8 Å². The molecule has 0 bridgehead atoms. The number of hydrogen-bond acceptors (Lipinski definition) is 3. The molecule has 1 aliphatic heterocycles. The number of fused-ring (bicyclic) bond motifs is 1. The van der Waals surface area contributed by atoms with Gasteiger partial charge in [-0.05, 0) is 65.9 Å². The molecule has 0 aromatic heterocycles. The number of rotatable bonds is 6. The molecule has 0 spiro atoms. The van der Waals surface area contributed by atoms with Crippen LogP contribution in [0.5, 0.6) is 5.75 Å². The van der Waals surface area contributed by atoms with Gasteiger partial charge in [0.05, 0.1) is 6.04 Å². The minimum Gasteiger partial charge on any atom is -0.481 e. The van der Waals surface area contributed by atoms with Crippen LogP contribution in [0.25, 0.3) is 0 Å². The second-order valence-electron chi connectivity index (χ2n) is 10.2. The monoisotopic (exact) mass is 488 g/mol. The van der Waals surface area contributed by atoms with Gasteiger partial charge in [-0.3, -0.25) is 9.59 Å². The maximum Gasteiger partial charge on any atom is 0.265 e. The zero-order chi connectivity index (χ0) is 25.9. The lowest BCUT2D eigenvalue weighted by Gasteiger charge is -2.41. The lowest BCUT2D eigenvalue weighted by Crippen LogP contribution is -2.45. The molecule has 5 nitrogen and oxygen atoms in total. The van der Waals surface area contributed by atoms with E-state index in [0.29, 0.717) is 30.8 Å². The van der Waals surface area contributed by atoms with Gasteiger partial charge in [-0.1, -0.05) is 64.1 Å². The average molecular weight is 489 g/mol. The summed E-state index contributed by atoms with van der Waals surface area (Å²) in [7, 11) is 0. The summed E-state index contributed by atoms with van der Waals surface area (Å²) in [6.45, 7) is 8.19. The minimum atomic E-state index is -0.677. The molecule has 36 heavy (non-hydrogen) atoms. The van der Waals surface area contributed by atoms with Crippen LogP contribution in [0, 0.1) is 11.2 Å². The number of nitrogens with one attached hydrogen (secondary N) is 1. The number of halogens is 1. The quantitative estimate of drug-likeness (QED) is 0.453. The normalized spacial score (nSPS) is 16.1. The van der Waals surface area contributed by atoms with E-state index in [4.69, 9.17) is 4.74 Å². The Morgan fingerprint density at radius 1 is 1.06 bits per heavy atom. The van der Waals surface area contributed by atoms with Crippen molar-refractivity contribution in [2.75, 3.05) is 11.9 Å². The average Bonchev–Trinajstić information content (AvgIpc) is 2.86. The van der Waals surface area contributed by atoms with Crippen LogP contribution in [0.2, 0.25) is 0 Å². The van der Waals surface area contributed by atoms with Crippen molar-refractivity contribution in [2.45, 2.75) is 52.7 Å². The Hall–Kier alpha value is -3.67. The van der Waals surface area contributed by atoms with Gasteiger partial charge in [-0.15, -0.1) is 0 Å². The number of ether oxygens (including phenoxy) is 1. The van der Waals surface area contributed by atoms with E-state index in [2.05, 4.69) is 5.32 Å². The number of nitrogens with zero attached hydrogens (tertiary/aromatic N) is 1. The standard InChI is InChI=1S/C30H33FN2O3/c1-5-26(28(34)32-23-9-7-6-8-10-23)36-24-16-13-20-17-18-33(29(35)30(2,3)4)27(25(20)19-24)21-11-14-22(31)15-12-21/h6-16,19,26-27H,5,17-18H2,1-4H3,(H,32,34)/t26-,27+/m0/s1. The topological polar surface area (TPSA) is 58.6 Å². The van der Waals surface area contributed by atoms with Crippen molar-refractivity contribution >= 4 is 17.5 Å². The number of benzene rings is 3. The third-order valence-electron chi connectivity index (χ3n) is 6.42. The molecular formula is C30H33FN2O3. The lowest BCUT2D eigenvalue weighted by molar-refractivity contribution is -0.141. The Morgan fingerprint density at radius 3 is 2.39 bits per heavy atom. The second-order valence-corrected chi connectivity index (χ2v) is 10.2. The molecule has 1 aliphatic rings. The summed E-state index contributed by atoms with van der Waals surface area (Å²) in [5.41, 5.74) is 3.02. The lowest BCUT2D eigenvalue weighted by atomic mass is 9.85. The molecule has 0 unspecified atom stereocenters. The molecule has 0 aliphatic carbocycles. The Morgan fingerprint density at radius 2 is 1.75 bits per heavy atom. The number of para-hydroxylation sites is 1. The molecular weight excluding hydrogens is 455 g/mol. The van der Waals surface area contributed by atoms with Gasteiger partial charge in [0, 0.05) is 17.6 Å². The summed E-state index contributed by atoms with van der Waals surface area (Å²) in [5, 5.41) is 2.90. The van der Waals surface area contributed by atoms with Crippen molar-refractivity contribution in [3.05, 3.63) is 95.3 Å². The van der Waals surface area contributed by atoms with Crippen LogP contribution in [0.4, 0.5) is 10.1 Å². The fourth-order valence-electron chi connectivity index (χ4n) is 4.55. The molecule has 0 radical (unpaired) electrons. The first-order valence-corrected chi connectivity index (χ1v) is 12.4. The van der Waals surface area contributed by atoms with E-state index in [0.717, 1.165) is 16.7 Å². The van der Waals surface area contributed by atoms with Gasteiger partial charge in [-0.2, -0.15) is 0 Å². The van der Waals surface area contributed by atoms with Crippen molar-refractivity contribution < 1.29 is 18.7 Å². The van der Waals surface area contributed by atoms with Gasteiger partial charge in [0.25, 0.3) is 5.91 Å². The highest BCUT2D eigenvalue weighted by Crippen LogP contribution is 2.39. The summed E-state index contributed by atoms with van der Waals surface area (Å²) < 4.78 is 19.9. The summed E-state index contributed by atoms with van der Waals surface area (Å²) in [6, 6.07) is 21.0. The zero-order valence-corrected chi connectivity index (χ0v) is 21.3. The van der Waals surface area contributed by atoms with Crippen molar-refractivity contribution in [1.82, 2.24) is 4.90 Å². The van der Waals surface area contributed by atoms with Crippen molar-refractivity contribution in [2.24, 2.45) is 5.41 Å². The van der Waals surface area contributed by atoms with Gasteiger partial charge < -0.3 is 15.0 Å². The van der Waals surface area contributed by atoms with Gasteiger partial charge >= 0.3 is 0 Å². The maximum atomic E-state index is 13.7. The minimum absolute atomic E-state index is 0.0301. The molecule has 0 saturated heterocycles. The Labute approximate surface area is 212 Å². The summed E-state index contributed by atoms with van der Waals surface area (Å²) in [5.74, 6) is 0.0419. The van der Waals surface area contributed by atoms with Crippen LogP contribution in [-0.2, 0) is 16.0 Å². The molecule has 3 aromatic carbocycles. The molecule has 1 heterocycles. The van der Waals surface area contributed by atoms with Crippen LogP contribution in [0.3, 0.4) is 0 Å². The maximum absolute atomic E-state index is 13.7. The summed E-state index contributed by atoms with van der Waals surface area (Å²) in [4.78, 5) is 28.2. The van der Waals surface area contributed by atoms with Crippen molar-refractivity contribution in [3.63, 3.8) is 0 Å². The highest BCUT2D eigenvalue weighted by molar-refractivity contribution is 5.94. The van der Waals surface area contributed by atoms with E-state index in [-0.39, 0.29) is 23.7 Å². The first-order valence-electron chi connectivity index (χ1n) is 12.4. The molecule has 2 amide bonds. The van der Waals surface area contributed by atoms with Gasteiger partial charge in [0.2, 0.25) is 5.91 Å². The van der Waals surface area contributed by atoms with Crippen LogP contribution < -0.4 is 10.1 Å². The molecule has 6 heteroatoms. The highest BCUT2D eigenvalue weighted by atomic mass is 19.1. The van der Waals surface area contributed by atoms with E-state index in [1.165, 1.54) is 12.1 Å². The molecule has 2 atom stereocenters. The Kier molecular flexibility index (Phi) is 7.43. The molecule has 3 aromatic rings. The van der Waals surface area contributed by atoms with Crippen molar-refractivity contribution in [1.29, 1.82) is 0 Å². The summed E-state index contributed by atoms with van der Waals surface area (Å²) in [6.07, 6.45) is 0.524. The van der Waals surface area contributed by atoms with Gasteiger partial charge in [0.1, 0.15) is 11.6 Å². The van der Waals surface area contributed by atoms with E-state index in [1.807, 2.05) is 81.1 Å². The van der Waals surface area contributed by atoms with Gasteiger partial charge in [-0.25, -0.2) is 4.39 Å². The van der Waals surface area contributed by atoms with E-state index in [1.54, 1.807) is 12.1 Å². The molecule has 1 N–H and O–H groups in total. The highest BCUT2D eigenvalue weighted by Gasteiger charge is 2.37. The predicted octanol–water partition coefficient (Wildman–Crippen LogP) is 6.14. The fraction of sp³-hybridized carbons (Fsp3) is 0.333. The predicted molar refractivity (Wildman–Crippen MR) is 139 cm³/mol. The third-order valence-corrected chi connectivity index (χ3v) is 6.42. The van der Waals surface area contributed by atoms with E-state index >= 15 is 0 Å². The number of anilines is 1.